The molecule has 36 heavy (non-hydrogen) atoms. The highest BCUT2D eigenvalue weighted by atomic mass is 19.1. The minimum Gasteiger partial charge on any atom is -0.396 e. The topological polar surface area (TPSA) is 111 Å². The number of nitrogens with one attached hydrogen (secondary N) is 1. The average Bonchev–Trinajstić information content (AvgIpc) is 2.85. The standard InChI is InChI=1S/C26H34FN7O2/c1-15(13-35)18-10-30-24(34-8-6-16(34)2)19-11-29-22(9-17(18)19)31-21-5-7-28-25(32-21)33-12-20(27)23(36)26(3,4)14-33/h5,7,9-11,15-16,20,23,35-36H,6,8,12-14H2,1-4H3,(H,28,29,31,32)/t15-,16-,20-,23-/m1/s1. The summed E-state index contributed by atoms with van der Waals surface area (Å²) >= 11 is 0. The molecule has 2 aliphatic heterocycles. The lowest BCUT2D eigenvalue weighted by Gasteiger charge is -2.43. The van der Waals surface area contributed by atoms with E-state index in [1.807, 2.05) is 39.2 Å². The van der Waals surface area contributed by atoms with Gasteiger partial charge in [-0.05, 0) is 36.4 Å². The number of halogens is 1. The first-order chi connectivity index (χ1) is 17.2. The van der Waals surface area contributed by atoms with Gasteiger partial charge in [0, 0.05) is 61.0 Å². The largest absolute Gasteiger partial charge is 0.396 e. The quantitative estimate of drug-likeness (QED) is 0.474. The molecule has 3 N–H and O–H groups in total. The Hall–Kier alpha value is -3.11. The van der Waals surface area contributed by atoms with Gasteiger partial charge in [0.2, 0.25) is 5.95 Å². The molecule has 3 aromatic heterocycles. The van der Waals surface area contributed by atoms with Gasteiger partial charge in [0.05, 0.1) is 12.6 Å². The van der Waals surface area contributed by atoms with Gasteiger partial charge >= 0.3 is 0 Å². The first kappa shape index (κ1) is 24.6. The molecule has 0 aliphatic carbocycles. The molecule has 0 radical (unpaired) electrons. The van der Waals surface area contributed by atoms with E-state index in [0.29, 0.717) is 30.2 Å². The maximum atomic E-state index is 14.5. The summed E-state index contributed by atoms with van der Waals surface area (Å²) in [4.78, 5) is 22.4. The fourth-order valence-corrected chi connectivity index (χ4v) is 5.07. The van der Waals surface area contributed by atoms with Crippen LogP contribution < -0.4 is 15.1 Å². The number of nitrogens with zero attached hydrogens (tertiary/aromatic N) is 6. The Labute approximate surface area is 210 Å². The molecule has 0 bridgehead atoms. The number of alkyl halides is 1. The van der Waals surface area contributed by atoms with Crippen molar-refractivity contribution in [2.45, 2.75) is 58.4 Å². The fourth-order valence-electron chi connectivity index (χ4n) is 5.07. The highest BCUT2D eigenvalue weighted by Gasteiger charge is 2.42. The number of aliphatic hydroxyl groups is 2. The Balaban J connectivity index is 1.46. The summed E-state index contributed by atoms with van der Waals surface area (Å²) in [5.41, 5.74) is 0.338. The zero-order valence-electron chi connectivity index (χ0n) is 21.2. The smallest absolute Gasteiger partial charge is 0.227 e. The van der Waals surface area contributed by atoms with Crippen LogP contribution >= 0.6 is 0 Å². The second kappa shape index (κ2) is 9.40. The van der Waals surface area contributed by atoms with E-state index < -0.39 is 17.7 Å². The van der Waals surface area contributed by atoms with Gasteiger partial charge < -0.3 is 25.3 Å². The average molecular weight is 496 g/mol. The van der Waals surface area contributed by atoms with Gasteiger partial charge in [-0.15, -0.1) is 0 Å². The number of piperidine rings is 1. The van der Waals surface area contributed by atoms with E-state index in [0.717, 1.165) is 35.1 Å². The van der Waals surface area contributed by atoms with Crippen molar-refractivity contribution in [3.63, 3.8) is 0 Å². The number of rotatable bonds is 6. The lowest BCUT2D eigenvalue weighted by Crippen LogP contribution is -2.55. The van der Waals surface area contributed by atoms with Gasteiger partial charge in [-0.1, -0.05) is 20.8 Å². The molecule has 0 saturated carbocycles. The molecule has 0 spiro atoms. The summed E-state index contributed by atoms with van der Waals surface area (Å²) in [6.07, 6.45) is 4.05. The van der Waals surface area contributed by atoms with Gasteiger partial charge in [0.15, 0.2) is 0 Å². The van der Waals surface area contributed by atoms with Gasteiger partial charge in [-0.3, -0.25) is 0 Å². The molecular formula is C26H34FN7O2. The van der Waals surface area contributed by atoms with Gasteiger partial charge in [-0.2, -0.15) is 4.98 Å². The number of hydrogen-bond acceptors (Lipinski definition) is 9. The number of hydrogen-bond donors (Lipinski definition) is 3. The Bertz CT molecular complexity index is 1260. The molecule has 3 aromatic rings. The third-order valence-corrected chi connectivity index (χ3v) is 7.50. The Morgan fingerprint density at radius 2 is 2.00 bits per heavy atom. The van der Waals surface area contributed by atoms with Gasteiger partial charge in [0.25, 0.3) is 0 Å². The third kappa shape index (κ3) is 4.43. The maximum Gasteiger partial charge on any atom is 0.227 e. The van der Waals surface area contributed by atoms with Crippen LogP contribution in [0.3, 0.4) is 0 Å². The zero-order chi connectivity index (χ0) is 25.6. The van der Waals surface area contributed by atoms with Crippen molar-refractivity contribution in [2.75, 3.05) is 41.4 Å². The molecule has 2 fully saturated rings. The maximum absolute atomic E-state index is 14.5. The Kier molecular flexibility index (Phi) is 6.42. The van der Waals surface area contributed by atoms with Crippen LogP contribution in [0.5, 0.6) is 0 Å². The van der Waals surface area contributed by atoms with Crippen molar-refractivity contribution in [3.05, 3.63) is 36.3 Å². The molecule has 5 rings (SSSR count). The van der Waals surface area contributed by atoms with E-state index in [-0.39, 0.29) is 19.1 Å². The van der Waals surface area contributed by atoms with Crippen LogP contribution in [0.1, 0.15) is 45.6 Å². The second-order valence-corrected chi connectivity index (χ2v) is 10.8. The minimum atomic E-state index is -1.38. The van der Waals surface area contributed by atoms with E-state index in [2.05, 4.69) is 32.1 Å². The fraction of sp³-hybridized carbons (Fsp3) is 0.538. The molecule has 192 valence electrons. The van der Waals surface area contributed by atoms with E-state index in [4.69, 9.17) is 4.98 Å². The summed E-state index contributed by atoms with van der Waals surface area (Å²) in [5.74, 6) is 2.38. The van der Waals surface area contributed by atoms with Gasteiger partial charge in [-0.25, -0.2) is 19.3 Å². The summed E-state index contributed by atoms with van der Waals surface area (Å²) in [6.45, 7) is 9.31. The van der Waals surface area contributed by atoms with Crippen molar-refractivity contribution in [1.29, 1.82) is 0 Å². The monoisotopic (exact) mass is 495 g/mol. The summed E-state index contributed by atoms with van der Waals surface area (Å²) in [6, 6.07) is 4.14. The van der Waals surface area contributed by atoms with Crippen LogP contribution in [0.2, 0.25) is 0 Å². The van der Waals surface area contributed by atoms with Crippen molar-refractivity contribution in [3.8, 4) is 0 Å². The highest BCUT2D eigenvalue weighted by Crippen LogP contribution is 2.36. The molecule has 0 unspecified atom stereocenters. The summed E-state index contributed by atoms with van der Waals surface area (Å²) in [5, 5.41) is 25.2. The third-order valence-electron chi connectivity index (χ3n) is 7.50. The van der Waals surface area contributed by atoms with E-state index in [9.17, 15) is 14.6 Å². The molecule has 0 aromatic carbocycles. The van der Waals surface area contributed by atoms with Crippen molar-refractivity contribution in [1.82, 2.24) is 19.9 Å². The predicted molar refractivity (Wildman–Crippen MR) is 139 cm³/mol. The van der Waals surface area contributed by atoms with Gasteiger partial charge in [0.1, 0.15) is 23.6 Å². The molecule has 10 heteroatoms. The number of fused-ring (bicyclic) bond motifs is 1. The highest BCUT2D eigenvalue weighted by molar-refractivity contribution is 5.96. The lowest BCUT2D eigenvalue weighted by molar-refractivity contribution is -0.0257. The first-order valence-electron chi connectivity index (χ1n) is 12.5. The van der Waals surface area contributed by atoms with Crippen LogP contribution in [0, 0.1) is 5.41 Å². The van der Waals surface area contributed by atoms with Crippen LogP contribution in [0.25, 0.3) is 10.8 Å². The number of aliphatic hydroxyl groups excluding tert-OH is 2. The van der Waals surface area contributed by atoms with E-state index in [1.54, 1.807) is 17.2 Å². The predicted octanol–water partition coefficient (Wildman–Crippen LogP) is 3.40. The molecule has 4 atom stereocenters. The van der Waals surface area contributed by atoms with Crippen molar-refractivity contribution >= 4 is 34.2 Å². The van der Waals surface area contributed by atoms with Crippen LogP contribution in [-0.4, -0.2) is 74.7 Å². The SMILES string of the molecule is C[C@H](CO)c1cnc(N2CC[C@H]2C)c2cnc(Nc3ccnc(N4C[C@@H](F)[C@@H](O)C(C)(C)C4)n3)cc12. The normalized spacial score (nSPS) is 24.5. The minimum absolute atomic E-state index is 0.0209. The number of pyridine rings is 2. The summed E-state index contributed by atoms with van der Waals surface area (Å²) in [7, 11) is 0. The molecule has 2 saturated heterocycles. The first-order valence-corrected chi connectivity index (χ1v) is 12.5. The number of anilines is 4. The second-order valence-electron chi connectivity index (χ2n) is 10.8. The Morgan fingerprint density at radius 3 is 2.67 bits per heavy atom. The van der Waals surface area contributed by atoms with E-state index in [1.165, 1.54) is 0 Å². The number of aromatic nitrogens is 4. The van der Waals surface area contributed by atoms with Crippen LogP contribution in [0.15, 0.2) is 30.7 Å². The molecule has 9 nitrogen and oxygen atoms in total. The molecule has 5 heterocycles. The van der Waals surface area contributed by atoms with E-state index >= 15 is 0 Å². The van der Waals surface area contributed by atoms with Crippen LogP contribution in [-0.2, 0) is 0 Å². The van der Waals surface area contributed by atoms with Crippen molar-refractivity contribution in [2.24, 2.45) is 5.41 Å². The lowest BCUT2D eigenvalue weighted by atomic mass is 9.80. The Morgan fingerprint density at radius 1 is 1.19 bits per heavy atom. The molecule has 0 amide bonds. The molecular weight excluding hydrogens is 461 g/mol. The van der Waals surface area contributed by atoms with Crippen LogP contribution in [0.4, 0.5) is 27.8 Å². The molecule has 2 aliphatic rings. The zero-order valence-corrected chi connectivity index (χ0v) is 21.2. The van der Waals surface area contributed by atoms with Crippen molar-refractivity contribution < 1.29 is 14.6 Å². The summed E-state index contributed by atoms with van der Waals surface area (Å²) < 4.78 is 14.5.